The summed E-state index contributed by atoms with van der Waals surface area (Å²) >= 11 is 0. The number of cyclic esters (lactones) is 1. The molecule has 0 N–H and O–H groups in total. The first-order valence-electron chi connectivity index (χ1n) is 8.06. The first-order chi connectivity index (χ1) is 11.2. The predicted octanol–water partition coefficient (Wildman–Crippen LogP) is 2.14. The molecule has 2 aliphatic heterocycles. The number of amides is 2. The number of hydrogen-bond donors (Lipinski definition) is 0. The van der Waals surface area contributed by atoms with Crippen LogP contribution in [0.4, 0.5) is 4.79 Å². The topological polar surface area (TPSA) is 59.1 Å². The summed E-state index contributed by atoms with van der Waals surface area (Å²) in [6.07, 6.45) is 2.24. The Morgan fingerprint density at radius 3 is 2.65 bits per heavy atom. The highest BCUT2D eigenvalue weighted by Gasteiger charge is 2.32. The summed E-state index contributed by atoms with van der Waals surface area (Å²) in [4.78, 5) is 28.1. The van der Waals surface area contributed by atoms with E-state index in [1.54, 1.807) is 19.2 Å². The zero-order chi connectivity index (χ0) is 16.2. The molecule has 1 aromatic rings. The van der Waals surface area contributed by atoms with Crippen LogP contribution in [0.1, 0.15) is 29.6 Å². The lowest BCUT2D eigenvalue weighted by atomic mass is 10.0. The van der Waals surface area contributed by atoms with Crippen molar-refractivity contribution in [2.45, 2.75) is 25.3 Å². The largest absolute Gasteiger partial charge is 0.496 e. The van der Waals surface area contributed by atoms with Gasteiger partial charge in [-0.2, -0.15) is 0 Å². The number of carbonyl (C=O) groups excluding carboxylic acids is 2. The Bertz CT molecular complexity index is 582. The van der Waals surface area contributed by atoms with Crippen LogP contribution in [-0.2, 0) is 4.74 Å². The monoisotopic (exact) mass is 318 g/mol. The molecule has 0 atom stereocenters. The molecule has 0 saturated carbocycles. The fourth-order valence-corrected chi connectivity index (χ4v) is 3.27. The lowest BCUT2D eigenvalue weighted by molar-refractivity contribution is 0.0356. The molecule has 0 unspecified atom stereocenters. The maximum atomic E-state index is 12.7. The average Bonchev–Trinajstić information content (AvgIpc) is 2.61. The van der Waals surface area contributed by atoms with Gasteiger partial charge in [0.05, 0.1) is 19.3 Å². The zero-order valence-corrected chi connectivity index (χ0v) is 13.4. The van der Waals surface area contributed by atoms with Crippen molar-refractivity contribution in [3.05, 3.63) is 29.8 Å². The molecule has 2 saturated heterocycles. The molecule has 0 aliphatic carbocycles. The van der Waals surface area contributed by atoms with Crippen molar-refractivity contribution < 1.29 is 19.1 Å². The quantitative estimate of drug-likeness (QED) is 0.857. The van der Waals surface area contributed by atoms with E-state index in [9.17, 15) is 9.59 Å². The molecule has 0 aromatic heterocycles. The van der Waals surface area contributed by atoms with Gasteiger partial charge in [-0.15, -0.1) is 0 Å². The molecular weight excluding hydrogens is 296 g/mol. The first-order valence-corrected chi connectivity index (χ1v) is 8.06. The second kappa shape index (κ2) is 6.89. The Morgan fingerprint density at radius 1 is 1.22 bits per heavy atom. The third-order valence-electron chi connectivity index (χ3n) is 4.53. The Kier molecular flexibility index (Phi) is 4.69. The molecule has 2 aliphatic rings. The van der Waals surface area contributed by atoms with Gasteiger partial charge in [0, 0.05) is 25.7 Å². The number of nitrogens with zero attached hydrogens (tertiary/aromatic N) is 2. The van der Waals surface area contributed by atoms with Crippen molar-refractivity contribution in [1.29, 1.82) is 0 Å². The van der Waals surface area contributed by atoms with Gasteiger partial charge in [0.2, 0.25) is 0 Å². The van der Waals surface area contributed by atoms with Crippen molar-refractivity contribution >= 4 is 12.0 Å². The van der Waals surface area contributed by atoms with Gasteiger partial charge in [-0.25, -0.2) is 4.79 Å². The molecule has 2 amide bonds. The number of para-hydroxylation sites is 1. The number of ether oxygens (including phenoxy) is 2. The second-order valence-corrected chi connectivity index (χ2v) is 5.88. The highest BCUT2D eigenvalue weighted by Crippen LogP contribution is 2.24. The van der Waals surface area contributed by atoms with Crippen LogP contribution in [0, 0.1) is 0 Å². The summed E-state index contributed by atoms with van der Waals surface area (Å²) in [6.45, 7) is 2.56. The summed E-state index contributed by atoms with van der Waals surface area (Å²) in [5.74, 6) is 0.585. The van der Waals surface area contributed by atoms with E-state index >= 15 is 0 Å². The van der Waals surface area contributed by atoms with Crippen LogP contribution in [0.5, 0.6) is 5.75 Å². The van der Waals surface area contributed by atoms with E-state index in [1.807, 2.05) is 21.9 Å². The molecule has 2 fully saturated rings. The van der Waals surface area contributed by atoms with Gasteiger partial charge >= 0.3 is 6.09 Å². The lowest BCUT2D eigenvalue weighted by Crippen LogP contribution is -2.50. The van der Waals surface area contributed by atoms with Gasteiger partial charge in [0.15, 0.2) is 0 Å². The molecular formula is C17H22N2O4. The van der Waals surface area contributed by atoms with Gasteiger partial charge in [0.25, 0.3) is 5.91 Å². The number of methoxy groups -OCH3 is 1. The number of piperidine rings is 1. The number of benzene rings is 1. The number of hydrogen-bond acceptors (Lipinski definition) is 4. The van der Waals surface area contributed by atoms with Gasteiger partial charge in [-0.05, 0) is 31.4 Å². The van der Waals surface area contributed by atoms with Crippen molar-refractivity contribution in [2.75, 3.05) is 33.4 Å². The van der Waals surface area contributed by atoms with Crippen molar-refractivity contribution in [1.82, 2.24) is 9.80 Å². The van der Waals surface area contributed by atoms with Crippen molar-refractivity contribution in [3.8, 4) is 5.75 Å². The highest BCUT2D eigenvalue weighted by atomic mass is 16.6. The Labute approximate surface area is 136 Å². The number of rotatable bonds is 3. The Morgan fingerprint density at radius 2 is 1.96 bits per heavy atom. The maximum absolute atomic E-state index is 12.7. The fraction of sp³-hybridized carbons (Fsp3) is 0.529. The fourth-order valence-electron chi connectivity index (χ4n) is 3.27. The molecule has 6 nitrogen and oxygen atoms in total. The van der Waals surface area contributed by atoms with E-state index in [4.69, 9.17) is 9.47 Å². The summed E-state index contributed by atoms with van der Waals surface area (Å²) in [5, 5.41) is 0. The highest BCUT2D eigenvalue weighted by molar-refractivity contribution is 5.97. The minimum absolute atomic E-state index is 0.0119. The van der Waals surface area contributed by atoms with Crippen LogP contribution in [0.3, 0.4) is 0 Å². The third-order valence-corrected chi connectivity index (χ3v) is 4.53. The van der Waals surface area contributed by atoms with Crippen LogP contribution in [0.2, 0.25) is 0 Å². The van der Waals surface area contributed by atoms with E-state index in [0.29, 0.717) is 31.0 Å². The first kappa shape index (κ1) is 15.6. The molecule has 2 heterocycles. The van der Waals surface area contributed by atoms with Gasteiger partial charge in [-0.3, -0.25) is 4.79 Å². The Hall–Kier alpha value is -2.24. The van der Waals surface area contributed by atoms with Crippen molar-refractivity contribution in [3.63, 3.8) is 0 Å². The van der Waals surface area contributed by atoms with Crippen LogP contribution in [-0.4, -0.2) is 61.2 Å². The predicted molar refractivity (Wildman–Crippen MR) is 84.6 cm³/mol. The lowest BCUT2D eigenvalue weighted by Gasteiger charge is -2.39. The zero-order valence-electron chi connectivity index (χ0n) is 13.4. The van der Waals surface area contributed by atoms with Gasteiger partial charge in [0.1, 0.15) is 5.75 Å². The summed E-state index contributed by atoms with van der Waals surface area (Å²) in [5.41, 5.74) is 0.589. The van der Waals surface area contributed by atoms with E-state index < -0.39 is 0 Å². The molecule has 23 heavy (non-hydrogen) atoms. The molecule has 6 heteroatoms. The molecule has 0 spiro atoms. The normalized spacial score (nSPS) is 19.4. The molecule has 0 bridgehead atoms. The molecule has 1 aromatic carbocycles. The van der Waals surface area contributed by atoms with E-state index in [-0.39, 0.29) is 18.0 Å². The smallest absolute Gasteiger partial charge is 0.410 e. The summed E-state index contributed by atoms with van der Waals surface area (Å²) in [7, 11) is 1.57. The van der Waals surface area contributed by atoms with Crippen LogP contribution in [0.25, 0.3) is 0 Å². The van der Waals surface area contributed by atoms with Crippen LogP contribution < -0.4 is 4.74 Å². The minimum atomic E-state index is -0.217. The summed E-state index contributed by atoms with van der Waals surface area (Å²) < 4.78 is 10.4. The molecule has 124 valence electrons. The van der Waals surface area contributed by atoms with Crippen molar-refractivity contribution in [2.24, 2.45) is 0 Å². The van der Waals surface area contributed by atoms with E-state index in [2.05, 4.69) is 0 Å². The van der Waals surface area contributed by atoms with Gasteiger partial charge in [-0.1, -0.05) is 12.1 Å². The SMILES string of the molecule is COc1ccccc1C(=O)N1CCC(N2CCCOC2=O)CC1. The number of carbonyl (C=O) groups is 2. The maximum Gasteiger partial charge on any atom is 0.410 e. The summed E-state index contributed by atoms with van der Waals surface area (Å²) in [6, 6.07) is 7.44. The average molecular weight is 318 g/mol. The standard InChI is InChI=1S/C17H22N2O4/c1-22-15-6-3-2-5-14(15)16(20)18-10-7-13(8-11-18)19-9-4-12-23-17(19)21/h2-3,5-6,13H,4,7-12H2,1H3. The second-order valence-electron chi connectivity index (χ2n) is 5.88. The van der Waals surface area contributed by atoms with Crippen LogP contribution in [0.15, 0.2) is 24.3 Å². The third kappa shape index (κ3) is 3.25. The van der Waals surface area contributed by atoms with Crippen LogP contribution >= 0.6 is 0 Å². The molecule has 3 rings (SSSR count). The molecule has 0 radical (unpaired) electrons. The van der Waals surface area contributed by atoms with E-state index in [0.717, 1.165) is 25.8 Å². The minimum Gasteiger partial charge on any atom is -0.496 e. The Balaban J connectivity index is 1.62. The van der Waals surface area contributed by atoms with Gasteiger partial charge < -0.3 is 19.3 Å². The van der Waals surface area contributed by atoms with E-state index in [1.165, 1.54) is 0 Å². The number of likely N-dealkylation sites (tertiary alicyclic amines) is 1.